The number of anilines is 1. The monoisotopic (exact) mass is 405 g/mol. The summed E-state index contributed by atoms with van der Waals surface area (Å²) in [6.45, 7) is 1.73. The molecule has 0 radical (unpaired) electrons. The predicted molar refractivity (Wildman–Crippen MR) is 99.4 cm³/mol. The molecule has 2 aromatic heterocycles. The standard InChI is InChI=1S/C16H15N5O4S2/c1-10-19-16(25-21-10)11-2-7-15(18-8-11)26-9-14(22)20-12-3-5-13(6-4-12)27(17,23)24/h2-8H,9H2,1H3,(H,20,22)(H2,17,23,24). The summed E-state index contributed by atoms with van der Waals surface area (Å²) in [4.78, 5) is 20.4. The molecule has 0 fully saturated rings. The average molecular weight is 405 g/mol. The molecule has 0 aliphatic carbocycles. The van der Waals surface area contributed by atoms with Crippen LogP contribution >= 0.6 is 11.8 Å². The molecular formula is C16H15N5O4S2. The second kappa shape index (κ2) is 7.86. The summed E-state index contributed by atoms with van der Waals surface area (Å²) in [6, 6.07) is 9.15. The van der Waals surface area contributed by atoms with E-state index >= 15 is 0 Å². The van der Waals surface area contributed by atoms with Crippen molar-refractivity contribution in [3.8, 4) is 11.5 Å². The number of pyridine rings is 1. The summed E-state index contributed by atoms with van der Waals surface area (Å²) in [5.74, 6) is 0.819. The third-order valence-corrected chi connectivity index (χ3v) is 5.20. The van der Waals surface area contributed by atoms with E-state index in [4.69, 9.17) is 9.66 Å². The Bertz CT molecular complexity index is 1050. The summed E-state index contributed by atoms with van der Waals surface area (Å²) < 4.78 is 27.5. The Kier molecular flexibility index (Phi) is 5.54. The second-order valence-corrected chi connectivity index (χ2v) is 8.00. The van der Waals surface area contributed by atoms with E-state index in [0.29, 0.717) is 28.0 Å². The minimum Gasteiger partial charge on any atom is -0.334 e. The fourth-order valence-corrected chi connectivity index (χ4v) is 3.23. The maximum Gasteiger partial charge on any atom is 0.259 e. The van der Waals surface area contributed by atoms with E-state index in [1.165, 1.54) is 36.0 Å². The minimum atomic E-state index is -3.76. The number of thioether (sulfide) groups is 1. The zero-order valence-electron chi connectivity index (χ0n) is 14.1. The first kappa shape index (κ1) is 19.0. The zero-order valence-corrected chi connectivity index (χ0v) is 15.8. The van der Waals surface area contributed by atoms with Crippen LogP contribution in [0.4, 0.5) is 5.69 Å². The van der Waals surface area contributed by atoms with Crippen LogP contribution in [0.5, 0.6) is 0 Å². The maximum absolute atomic E-state index is 12.0. The fraction of sp³-hybridized carbons (Fsp3) is 0.125. The minimum absolute atomic E-state index is 0.0180. The van der Waals surface area contributed by atoms with Crippen molar-refractivity contribution in [3.05, 3.63) is 48.4 Å². The van der Waals surface area contributed by atoms with E-state index in [-0.39, 0.29) is 16.6 Å². The van der Waals surface area contributed by atoms with Gasteiger partial charge in [-0.15, -0.1) is 0 Å². The molecule has 140 valence electrons. The van der Waals surface area contributed by atoms with Gasteiger partial charge in [0, 0.05) is 11.9 Å². The number of amides is 1. The first-order valence-electron chi connectivity index (χ1n) is 7.63. The molecule has 9 nitrogen and oxygen atoms in total. The number of sulfonamides is 1. The number of hydrogen-bond acceptors (Lipinski definition) is 8. The number of benzene rings is 1. The van der Waals surface area contributed by atoms with Gasteiger partial charge in [-0.1, -0.05) is 16.9 Å². The number of nitrogens with zero attached hydrogens (tertiary/aromatic N) is 3. The smallest absolute Gasteiger partial charge is 0.259 e. The van der Waals surface area contributed by atoms with E-state index in [2.05, 4.69) is 20.4 Å². The highest BCUT2D eigenvalue weighted by molar-refractivity contribution is 7.99. The summed E-state index contributed by atoms with van der Waals surface area (Å²) >= 11 is 1.26. The SMILES string of the molecule is Cc1noc(-c2ccc(SCC(=O)Nc3ccc(S(N)(=O)=O)cc3)nc2)n1. The van der Waals surface area contributed by atoms with Crippen LogP contribution in [-0.2, 0) is 14.8 Å². The molecule has 1 amide bonds. The third kappa shape index (κ3) is 5.12. The van der Waals surface area contributed by atoms with Crippen LogP contribution in [0, 0.1) is 6.92 Å². The number of nitrogens with two attached hydrogens (primary N) is 1. The molecule has 1 aromatic carbocycles. The van der Waals surface area contributed by atoms with Crippen molar-refractivity contribution in [2.45, 2.75) is 16.8 Å². The van der Waals surface area contributed by atoms with E-state index < -0.39 is 10.0 Å². The second-order valence-electron chi connectivity index (χ2n) is 5.44. The zero-order chi connectivity index (χ0) is 19.4. The molecular weight excluding hydrogens is 390 g/mol. The lowest BCUT2D eigenvalue weighted by atomic mass is 10.3. The molecule has 2 heterocycles. The topological polar surface area (TPSA) is 141 Å². The number of aromatic nitrogens is 3. The maximum atomic E-state index is 12.0. The van der Waals surface area contributed by atoms with Gasteiger partial charge in [0.05, 0.1) is 21.2 Å². The molecule has 11 heteroatoms. The Hall–Kier alpha value is -2.76. The summed E-state index contributed by atoms with van der Waals surface area (Å²) in [5.41, 5.74) is 1.17. The number of rotatable bonds is 6. The van der Waals surface area contributed by atoms with E-state index in [1.807, 2.05) is 0 Å². The fourth-order valence-electron chi connectivity index (χ4n) is 2.07. The molecule has 0 unspecified atom stereocenters. The van der Waals surface area contributed by atoms with Gasteiger partial charge in [-0.25, -0.2) is 18.5 Å². The van der Waals surface area contributed by atoms with E-state index in [1.54, 1.807) is 25.3 Å². The van der Waals surface area contributed by atoms with Gasteiger partial charge >= 0.3 is 0 Å². The summed E-state index contributed by atoms with van der Waals surface area (Å²) in [6.07, 6.45) is 1.60. The Balaban J connectivity index is 1.54. The summed E-state index contributed by atoms with van der Waals surface area (Å²) in [7, 11) is -3.76. The lowest BCUT2D eigenvalue weighted by Crippen LogP contribution is -2.15. The van der Waals surface area contributed by atoms with Crippen molar-refractivity contribution in [2.24, 2.45) is 5.14 Å². The van der Waals surface area contributed by atoms with E-state index in [0.717, 1.165) is 0 Å². The quantitative estimate of drug-likeness (QED) is 0.592. The van der Waals surface area contributed by atoms with Gasteiger partial charge in [-0.3, -0.25) is 4.79 Å². The van der Waals surface area contributed by atoms with Gasteiger partial charge in [0.2, 0.25) is 15.9 Å². The van der Waals surface area contributed by atoms with Crippen LogP contribution in [0.25, 0.3) is 11.5 Å². The predicted octanol–water partition coefficient (Wildman–Crippen LogP) is 1.82. The number of primary sulfonamides is 1. The molecule has 3 N–H and O–H groups in total. The summed E-state index contributed by atoms with van der Waals surface area (Å²) in [5, 5.41) is 12.1. The van der Waals surface area contributed by atoms with Crippen molar-refractivity contribution in [1.29, 1.82) is 0 Å². The normalized spacial score (nSPS) is 11.3. The first-order valence-corrected chi connectivity index (χ1v) is 10.2. The molecule has 3 aromatic rings. The molecule has 0 spiro atoms. The van der Waals surface area contributed by atoms with Crippen molar-refractivity contribution < 1.29 is 17.7 Å². The highest BCUT2D eigenvalue weighted by atomic mass is 32.2. The Labute approximate surface area is 159 Å². The molecule has 0 atom stereocenters. The molecule has 0 bridgehead atoms. The molecule has 0 saturated carbocycles. The average Bonchev–Trinajstić information content (AvgIpc) is 3.06. The number of aryl methyl sites for hydroxylation is 1. The van der Waals surface area contributed by atoms with Crippen LogP contribution in [-0.4, -0.2) is 35.2 Å². The van der Waals surface area contributed by atoms with Gasteiger partial charge in [-0.05, 0) is 43.3 Å². The van der Waals surface area contributed by atoms with Gasteiger partial charge in [0.15, 0.2) is 5.82 Å². The van der Waals surface area contributed by atoms with Crippen LogP contribution in [0.2, 0.25) is 0 Å². The van der Waals surface area contributed by atoms with Gasteiger partial charge in [0.1, 0.15) is 0 Å². The third-order valence-electron chi connectivity index (χ3n) is 3.33. The van der Waals surface area contributed by atoms with Crippen molar-refractivity contribution in [1.82, 2.24) is 15.1 Å². The number of hydrogen-bond donors (Lipinski definition) is 2. The Morgan fingerprint density at radius 2 is 1.96 bits per heavy atom. The van der Waals surface area contributed by atoms with Crippen LogP contribution in [0.1, 0.15) is 5.82 Å². The molecule has 0 aliphatic rings. The molecule has 0 saturated heterocycles. The van der Waals surface area contributed by atoms with Crippen molar-refractivity contribution in [2.75, 3.05) is 11.1 Å². The number of nitrogens with one attached hydrogen (secondary N) is 1. The molecule has 0 aliphatic heterocycles. The Morgan fingerprint density at radius 1 is 1.22 bits per heavy atom. The highest BCUT2D eigenvalue weighted by Crippen LogP contribution is 2.21. The van der Waals surface area contributed by atoms with Crippen molar-refractivity contribution in [3.63, 3.8) is 0 Å². The lowest BCUT2D eigenvalue weighted by molar-refractivity contribution is -0.113. The highest BCUT2D eigenvalue weighted by Gasteiger charge is 2.10. The van der Waals surface area contributed by atoms with Crippen LogP contribution < -0.4 is 10.5 Å². The van der Waals surface area contributed by atoms with Gasteiger partial charge in [-0.2, -0.15) is 4.98 Å². The number of carbonyl (C=O) groups excluding carboxylic acids is 1. The van der Waals surface area contributed by atoms with Gasteiger partial charge in [0.25, 0.3) is 5.89 Å². The van der Waals surface area contributed by atoms with Crippen LogP contribution in [0.3, 0.4) is 0 Å². The molecule has 27 heavy (non-hydrogen) atoms. The lowest BCUT2D eigenvalue weighted by Gasteiger charge is -2.06. The first-order chi connectivity index (χ1) is 12.8. The van der Waals surface area contributed by atoms with Crippen molar-refractivity contribution >= 4 is 33.4 Å². The largest absolute Gasteiger partial charge is 0.334 e. The van der Waals surface area contributed by atoms with Gasteiger partial charge < -0.3 is 9.84 Å². The Morgan fingerprint density at radius 3 is 2.52 bits per heavy atom. The molecule has 3 rings (SSSR count). The number of carbonyl (C=O) groups is 1. The van der Waals surface area contributed by atoms with E-state index in [9.17, 15) is 13.2 Å². The van der Waals surface area contributed by atoms with Crippen LogP contribution in [0.15, 0.2) is 57.0 Å².